The first-order valence-electron chi connectivity index (χ1n) is 11.2. The molecule has 0 saturated carbocycles. The van der Waals surface area contributed by atoms with Crippen LogP contribution in [0.4, 0.5) is 0 Å². The SMILES string of the molecule is CCCCC(CC)CC(CCC)OC(C)OC(C)OC(=O)c1ccccc1C(=O)O. The molecule has 6 nitrogen and oxygen atoms in total. The molecule has 1 rings (SSSR count). The van der Waals surface area contributed by atoms with Gasteiger partial charge in [0.1, 0.15) is 0 Å². The molecule has 0 aromatic heterocycles. The van der Waals surface area contributed by atoms with Crippen LogP contribution in [0.3, 0.4) is 0 Å². The average Bonchev–Trinajstić information content (AvgIpc) is 2.70. The summed E-state index contributed by atoms with van der Waals surface area (Å²) in [6, 6.07) is 5.96. The number of carboxylic acids is 1. The molecule has 0 amide bonds. The molecule has 30 heavy (non-hydrogen) atoms. The van der Waals surface area contributed by atoms with Crippen LogP contribution in [0.5, 0.6) is 0 Å². The summed E-state index contributed by atoms with van der Waals surface area (Å²) in [5.74, 6) is -1.27. The summed E-state index contributed by atoms with van der Waals surface area (Å²) < 4.78 is 17.1. The van der Waals surface area contributed by atoms with Gasteiger partial charge in [0.2, 0.25) is 6.29 Å². The third-order valence-corrected chi connectivity index (χ3v) is 5.17. The Balaban J connectivity index is 2.61. The van der Waals surface area contributed by atoms with Gasteiger partial charge >= 0.3 is 11.9 Å². The summed E-state index contributed by atoms with van der Waals surface area (Å²) in [6.45, 7) is 9.97. The fourth-order valence-corrected chi connectivity index (χ4v) is 3.58. The third-order valence-electron chi connectivity index (χ3n) is 5.17. The molecule has 0 heterocycles. The van der Waals surface area contributed by atoms with Crippen molar-refractivity contribution < 1.29 is 28.9 Å². The van der Waals surface area contributed by atoms with Gasteiger partial charge in [0.05, 0.1) is 17.2 Å². The molecule has 0 aliphatic carbocycles. The predicted molar refractivity (Wildman–Crippen MR) is 117 cm³/mol. The Morgan fingerprint density at radius 3 is 2.17 bits per heavy atom. The highest BCUT2D eigenvalue weighted by Crippen LogP contribution is 2.23. The van der Waals surface area contributed by atoms with Crippen molar-refractivity contribution in [1.82, 2.24) is 0 Å². The van der Waals surface area contributed by atoms with Crippen LogP contribution in [-0.4, -0.2) is 35.7 Å². The second-order valence-electron chi connectivity index (χ2n) is 7.73. The summed E-state index contributed by atoms with van der Waals surface area (Å²) >= 11 is 0. The summed E-state index contributed by atoms with van der Waals surface area (Å²) in [4.78, 5) is 23.7. The fraction of sp³-hybridized carbons (Fsp3) is 0.667. The molecule has 0 spiro atoms. The second kappa shape index (κ2) is 14.1. The van der Waals surface area contributed by atoms with Crippen molar-refractivity contribution in [2.24, 2.45) is 5.92 Å². The summed E-state index contributed by atoms with van der Waals surface area (Å²) in [5.41, 5.74) is -0.0979. The van der Waals surface area contributed by atoms with Gasteiger partial charge in [-0.3, -0.25) is 0 Å². The number of esters is 1. The number of unbranched alkanes of at least 4 members (excludes halogenated alkanes) is 1. The number of carbonyl (C=O) groups excluding carboxylic acids is 1. The van der Waals surface area contributed by atoms with E-state index < -0.39 is 24.5 Å². The van der Waals surface area contributed by atoms with E-state index in [0.29, 0.717) is 5.92 Å². The van der Waals surface area contributed by atoms with Crippen molar-refractivity contribution in [3.05, 3.63) is 35.4 Å². The molecule has 0 aliphatic rings. The maximum absolute atomic E-state index is 12.4. The van der Waals surface area contributed by atoms with Crippen molar-refractivity contribution in [2.45, 2.75) is 98.2 Å². The van der Waals surface area contributed by atoms with Gasteiger partial charge in [-0.2, -0.15) is 0 Å². The minimum atomic E-state index is -1.18. The van der Waals surface area contributed by atoms with Gasteiger partial charge in [-0.25, -0.2) is 9.59 Å². The maximum atomic E-state index is 12.4. The van der Waals surface area contributed by atoms with Crippen LogP contribution in [-0.2, 0) is 14.2 Å². The van der Waals surface area contributed by atoms with Gasteiger partial charge in [-0.1, -0.05) is 65.0 Å². The molecule has 0 radical (unpaired) electrons. The first-order chi connectivity index (χ1) is 14.3. The first kappa shape index (κ1) is 26.1. The number of carboxylic acid groups (broad SMARTS) is 1. The van der Waals surface area contributed by atoms with Gasteiger partial charge in [-0.15, -0.1) is 0 Å². The molecule has 1 N–H and O–H groups in total. The highest BCUT2D eigenvalue weighted by atomic mass is 16.8. The van der Waals surface area contributed by atoms with E-state index in [9.17, 15) is 14.7 Å². The molecule has 0 fully saturated rings. The summed E-state index contributed by atoms with van der Waals surface area (Å²) in [5, 5.41) is 9.23. The fourth-order valence-electron chi connectivity index (χ4n) is 3.58. The van der Waals surface area contributed by atoms with E-state index in [1.165, 1.54) is 31.4 Å². The van der Waals surface area contributed by atoms with Crippen molar-refractivity contribution >= 4 is 11.9 Å². The van der Waals surface area contributed by atoms with Crippen molar-refractivity contribution in [2.75, 3.05) is 0 Å². The Labute approximate surface area is 180 Å². The lowest BCUT2D eigenvalue weighted by atomic mass is 9.92. The lowest BCUT2D eigenvalue weighted by Gasteiger charge is -2.27. The molecule has 4 atom stereocenters. The standard InChI is InChI=1S/C24H38O6/c1-6-9-13-19(8-3)16-20(12-7-2)29-17(4)28-18(5)30-24(27)22-15-11-10-14-21(22)23(25)26/h10-11,14-15,17-20H,6-9,12-13,16H2,1-5H3,(H,25,26). The van der Waals surface area contributed by atoms with E-state index in [4.69, 9.17) is 14.2 Å². The largest absolute Gasteiger partial charge is 0.478 e. The van der Waals surface area contributed by atoms with Gasteiger partial charge in [0.15, 0.2) is 6.29 Å². The Kier molecular flexibility index (Phi) is 12.3. The molecule has 6 heteroatoms. The van der Waals surface area contributed by atoms with E-state index in [1.807, 2.05) is 0 Å². The van der Waals surface area contributed by atoms with Crippen LogP contribution in [0.15, 0.2) is 24.3 Å². The molecule has 4 unspecified atom stereocenters. The predicted octanol–water partition coefficient (Wildman–Crippen LogP) is 6.04. The zero-order valence-electron chi connectivity index (χ0n) is 19.1. The molecular formula is C24H38O6. The van der Waals surface area contributed by atoms with Crippen molar-refractivity contribution in [3.8, 4) is 0 Å². The Hall–Kier alpha value is -1.92. The average molecular weight is 423 g/mol. The third kappa shape index (κ3) is 9.26. The topological polar surface area (TPSA) is 82.1 Å². The van der Waals surface area contributed by atoms with Crippen LogP contribution < -0.4 is 0 Å². The number of hydrogen-bond acceptors (Lipinski definition) is 5. The maximum Gasteiger partial charge on any atom is 0.341 e. The quantitative estimate of drug-likeness (QED) is 0.274. The Morgan fingerprint density at radius 2 is 1.60 bits per heavy atom. The van der Waals surface area contributed by atoms with Crippen LogP contribution in [0.1, 0.15) is 100 Å². The summed E-state index contributed by atoms with van der Waals surface area (Å²) in [7, 11) is 0. The molecule has 1 aromatic rings. The number of rotatable bonds is 15. The zero-order valence-corrected chi connectivity index (χ0v) is 19.1. The van der Waals surface area contributed by atoms with Gasteiger partial charge in [0.25, 0.3) is 0 Å². The van der Waals surface area contributed by atoms with E-state index in [2.05, 4.69) is 20.8 Å². The lowest BCUT2D eigenvalue weighted by molar-refractivity contribution is -0.231. The zero-order chi connectivity index (χ0) is 22.5. The van der Waals surface area contributed by atoms with Crippen LogP contribution in [0.2, 0.25) is 0 Å². The highest BCUT2D eigenvalue weighted by Gasteiger charge is 2.22. The van der Waals surface area contributed by atoms with Gasteiger partial charge in [0, 0.05) is 0 Å². The number of ether oxygens (including phenoxy) is 3. The number of benzene rings is 1. The van der Waals surface area contributed by atoms with E-state index in [0.717, 1.165) is 25.7 Å². The molecule has 0 bridgehead atoms. The number of aromatic carboxylic acids is 1. The molecule has 1 aromatic carbocycles. The lowest BCUT2D eigenvalue weighted by Crippen LogP contribution is -2.29. The smallest absolute Gasteiger partial charge is 0.341 e. The van der Waals surface area contributed by atoms with Gasteiger partial charge < -0.3 is 19.3 Å². The number of carbonyl (C=O) groups is 2. The minimum absolute atomic E-state index is 0.000377. The van der Waals surface area contributed by atoms with Gasteiger partial charge in [-0.05, 0) is 44.7 Å². The summed E-state index contributed by atoms with van der Waals surface area (Å²) in [6.07, 6.45) is 6.45. The Morgan fingerprint density at radius 1 is 0.933 bits per heavy atom. The monoisotopic (exact) mass is 422 g/mol. The van der Waals surface area contributed by atoms with Crippen molar-refractivity contribution in [1.29, 1.82) is 0 Å². The molecule has 0 saturated heterocycles. The highest BCUT2D eigenvalue weighted by molar-refractivity contribution is 6.02. The normalized spacial score (nSPS) is 15.2. The number of hydrogen-bond donors (Lipinski definition) is 1. The van der Waals surface area contributed by atoms with Crippen molar-refractivity contribution in [3.63, 3.8) is 0 Å². The minimum Gasteiger partial charge on any atom is -0.478 e. The van der Waals surface area contributed by atoms with Crippen LogP contribution in [0, 0.1) is 5.92 Å². The van der Waals surface area contributed by atoms with E-state index >= 15 is 0 Å². The van der Waals surface area contributed by atoms with E-state index in [-0.39, 0.29) is 17.2 Å². The first-order valence-corrected chi connectivity index (χ1v) is 11.2. The molecule has 0 aliphatic heterocycles. The molecular weight excluding hydrogens is 384 g/mol. The van der Waals surface area contributed by atoms with E-state index in [1.54, 1.807) is 26.0 Å². The Bertz CT molecular complexity index is 644. The van der Waals surface area contributed by atoms with Crippen LogP contribution >= 0.6 is 0 Å². The second-order valence-corrected chi connectivity index (χ2v) is 7.73. The molecule has 170 valence electrons. The van der Waals surface area contributed by atoms with Crippen LogP contribution in [0.25, 0.3) is 0 Å².